The Morgan fingerprint density at radius 2 is 2.38 bits per heavy atom. The van der Waals surface area contributed by atoms with E-state index in [0.29, 0.717) is 44.2 Å². The number of amides is 1. The van der Waals surface area contributed by atoms with Gasteiger partial charge in [-0.2, -0.15) is 5.26 Å². The Labute approximate surface area is 124 Å². The lowest BCUT2D eigenvalue weighted by molar-refractivity contribution is -0.132. The average Bonchev–Trinajstić information content (AvgIpc) is 2.55. The molecule has 1 aromatic carbocycles. The number of nitrogens with one attached hydrogen (secondary N) is 1. The van der Waals surface area contributed by atoms with Crippen molar-refractivity contribution >= 4 is 5.91 Å². The highest BCUT2D eigenvalue weighted by molar-refractivity contribution is 5.81. The van der Waals surface area contributed by atoms with E-state index < -0.39 is 0 Å². The number of nitriles is 1. The van der Waals surface area contributed by atoms with Crippen molar-refractivity contribution in [2.75, 3.05) is 40.0 Å². The smallest absolute Gasteiger partial charge is 0.239 e. The molecular formula is C15H19N3O3. The highest BCUT2D eigenvalue weighted by Crippen LogP contribution is 2.16. The molecule has 2 rings (SSSR count). The quantitative estimate of drug-likeness (QED) is 0.848. The lowest BCUT2D eigenvalue weighted by Crippen LogP contribution is -2.54. The van der Waals surface area contributed by atoms with Gasteiger partial charge in [-0.05, 0) is 12.1 Å². The summed E-state index contributed by atoms with van der Waals surface area (Å²) in [5, 5.41) is 11.6. The van der Waals surface area contributed by atoms with Crippen molar-refractivity contribution in [1.29, 1.82) is 5.26 Å². The Balaban J connectivity index is 1.89. The number of hydrogen-bond acceptors (Lipinski definition) is 5. The zero-order chi connectivity index (χ0) is 15.1. The van der Waals surface area contributed by atoms with Gasteiger partial charge in [0.1, 0.15) is 24.5 Å². The Hall–Kier alpha value is -2.10. The van der Waals surface area contributed by atoms with Crippen LogP contribution in [0, 0.1) is 11.3 Å². The predicted molar refractivity (Wildman–Crippen MR) is 76.9 cm³/mol. The summed E-state index contributed by atoms with van der Waals surface area (Å²) in [6, 6.07) is 8.94. The number of hydrogen-bond donors (Lipinski definition) is 1. The Morgan fingerprint density at radius 1 is 1.57 bits per heavy atom. The van der Waals surface area contributed by atoms with Crippen LogP contribution in [0.1, 0.15) is 5.56 Å². The van der Waals surface area contributed by atoms with E-state index in [2.05, 4.69) is 11.4 Å². The highest BCUT2D eigenvalue weighted by atomic mass is 16.5. The average molecular weight is 289 g/mol. The van der Waals surface area contributed by atoms with Crippen LogP contribution in [0.25, 0.3) is 0 Å². The molecule has 0 aromatic heterocycles. The minimum atomic E-state index is -0.279. The molecule has 112 valence electrons. The first kappa shape index (κ1) is 15.3. The van der Waals surface area contributed by atoms with Gasteiger partial charge in [-0.3, -0.25) is 9.69 Å². The zero-order valence-corrected chi connectivity index (χ0v) is 12.0. The van der Waals surface area contributed by atoms with E-state index in [1.54, 1.807) is 25.2 Å². The molecule has 1 N–H and O–H groups in total. The Bertz CT molecular complexity index is 527. The summed E-state index contributed by atoms with van der Waals surface area (Å²) in [6.07, 6.45) is 0. The highest BCUT2D eigenvalue weighted by Gasteiger charge is 2.28. The molecule has 0 radical (unpaired) electrons. The molecule has 1 amide bonds. The van der Waals surface area contributed by atoms with Crippen LogP contribution in [0.3, 0.4) is 0 Å². The van der Waals surface area contributed by atoms with Crippen LogP contribution >= 0.6 is 0 Å². The second kappa shape index (κ2) is 7.62. The molecule has 1 fully saturated rings. The molecule has 1 heterocycles. The summed E-state index contributed by atoms with van der Waals surface area (Å²) in [5.41, 5.74) is 0.516. The van der Waals surface area contributed by atoms with Crippen molar-refractivity contribution in [1.82, 2.24) is 10.2 Å². The predicted octanol–water partition coefficient (Wildman–Crippen LogP) is 0.384. The number of morpholine rings is 1. The van der Waals surface area contributed by atoms with Gasteiger partial charge in [0.25, 0.3) is 0 Å². The third-order valence-corrected chi connectivity index (χ3v) is 3.43. The van der Waals surface area contributed by atoms with Crippen LogP contribution in [-0.4, -0.2) is 56.8 Å². The molecule has 1 unspecified atom stereocenters. The second-order valence-electron chi connectivity index (χ2n) is 4.70. The molecule has 1 aromatic rings. The van der Waals surface area contributed by atoms with Crippen LogP contribution < -0.4 is 10.1 Å². The van der Waals surface area contributed by atoms with E-state index in [-0.39, 0.29) is 11.9 Å². The maximum atomic E-state index is 11.8. The van der Waals surface area contributed by atoms with E-state index in [0.717, 1.165) is 0 Å². The van der Waals surface area contributed by atoms with Gasteiger partial charge in [-0.25, -0.2) is 0 Å². The fourth-order valence-corrected chi connectivity index (χ4v) is 2.27. The maximum Gasteiger partial charge on any atom is 0.239 e. The number of para-hydroxylation sites is 1. The van der Waals surface area contributed by atoms with Crippen LogP contribution in [0.15, 0.2) is 24.3 Å². The van der Waals surface area contributed by atoms with Crippen LogP contribution in [0.2, 0.25) is 0 Å². The minimum Gasteiger partial charge on any atom is -0.491 e. The number of likely N-dealkylation sites (N-methyl/N-ethyl adjacent to an activating group) is 1. The van der Waals surface area contributed by atoms with Crippen LogP contribution in [-0.2, 0) is 9.53 Å². The van der Waals surface area contributed by atoms with Gasteiger partial charge >= 0.3 is 0 Å². The van der Waals surface area contributed by atoms with E-state index in [9.17, 15) is 4.79 Å². The maximum absolute atomic E-state index is 11.8. The first-order valence-electron chi connectivity index (χ1n) is 6.91. The molecule has 0 spiro atoms. The molecule has 0 saturated carbocycles. The topological polar surface area (TPSA) is 74.6 Å². The van der Waals surface area contributed by atoms with Crippen molar-refractivity contribution in [2.24, 2.45) is 0 Å². The molecule has 1 aliphatic rings. The van der Waals surface area contributed by atoms with Crippen molar-refractivity contribution < 1.29 is 14.3 Å². The molecule has 21 heavy (non-hydrogen) atoms. The van der Waals surface area contributed by atoms with Crippen LogP contribution in [0.5, 0.6) is 5.75 Å². The standard InChI is InChI=1S/C15H19N3O3/c1-17-15(19)13-11-20-8-6-18(13)7-9-21-14-5-3-2-4-12(14)10-16/h2-5,13H,6-9,11H2,1H3,(H,17,19). The Morgan fingerprint density at radius 3 is 3.14 bits per heavy atom. The number of ether oxygens (including phenoxy) is 2. The van der Waals surface area contributed by atoms with Gasteiger partial charge in [-0.1, -0.05) is 12.1 Å². The summed E-state index contributed by atoms with van der Waals surface area (Å²) in [4.78, 5) is 13.8. The van der Waals surface area contributed by atoms with E-state index in [1.165, 1.54) is 0 Å². The third kappa shape index (κ3) is 3.94. The summed E-state index contributed by atoms with van der Waals surface area (Å²) in [5.74, 6) is 0.525. The fourth-order valence-electron chi connectivity index (χ4n) is 2.27. The van der Waals surface area contributed by atoms with Gasteiger partial charge in [0, 0.05) is 20.1 Å². The van der Waals surface area contributed by atoms with Gasteiger partial charge in [-0.15, -0.1) is 0 Å². The summed E-state index contributed by atoms with van der Waals surface area (Å²) >= 11 is 0. The van der Waals surface area contributed by atoms with E-state index in [4.69, 9.17) is 14.7 Å². The van der Waals surface area contributed by atoms with Crippen molar-refractivity contribution in [3.63, 3.8) is 0 Å². The number of nitrogens with zero attached hydrogens (tertiary/aromatic N) is 2. The van der Waals surface area contributed by atoms with E-state index in [1.807, 2.05) is 11.0 Å². The third-order valence-electron chi connectivity index (χ3n) is 3.43. The molecule has 0 bridgehead atoms. The first-order chi connectivity index (χ1) is 10.3. The minimum absolute atomic E-state index is 0.0490. The molecule has 1 aliphatic heterocycles. The number of benzene rings is 1. The van der Waals surface area contributed by atoms with Gasteiger partial charge < -0.3 is 14.8 Å². The fraction of sp³-hybridized carbons (Fsp3) is 0.467. The van der Waals surface area contributed by atoms with Crippen molar-refractivity contribution in [3.05, 3.63) is 29.8 Å². The Kier molecular flexibility index (Phi) is 5.55. The SMILES string of the molecule is CNC(=O)C1COCCN1CCOc1ccccc1C#N. The van der Waals surface area contributed by atoms with Crippen LogP contribution in [0.4, 0.5) is 0 Å². The van der Waals surface area contributed by atoms with E-state index >= 15 is 0 Å². The number of carbonyl (C=O) groups excluding carboxylic acids is 1. The molecule has 6 heteroatoms. The van der Waals surface area contributed by atoms with Gasteiger partial charge in [0.2, 0.25) is 5.91 Å². The summed E-state index contributed by atoms with van der Waals surface area (Å²) in [6.45, 7) is 2.74. The summed E-state index contributed by atoms with van der Waals surface area (Å²) in [7, 11) is 1.62. The number of rotatable bonds is 5. The van der Waals surface area contributed by atoms with Gasteiger partial charge in [0.15, 0.2) is 0 Å². The monoisotopic (exact) mass is 289 g/mol. The lowest BCUT2D eigenvalue weighted by Gasteiger charge is -2.34. The van der Waals surface area contributed by atoms with Crippen molar-refractivity contribution in [3.8, 4) is 11.8 Å². The zero-order valence-electron chi connectivity index (χ0n) is 12.0. The molecule has 1 atom stereocenters. The second-order valence-corrected chi connectivity index (χ2v) is 4.70. The molecule has 6 nitrogen and oxygen atoms in total. The first-order valence-corrected chi connectivity index (χ1v) is 6.91. The lowest BCUT2D eigenvalue weighted by atomic mass is 10.2. The van der Waals surface area contributed by atoms with Gasteiger partial charge in [0.05, 0.1) is 18.8 Å². The summed E-state index contributed by atoms with van der Waals surface area (Å²) < 4.78 is 11.0. The largest absolute Gasteiger partial charge is 0.491 e. The normalized spacial score (nSPS) is 18.8. The molecule has 1 saturated heterocycles. The van der Waals surface area contributed by atoms with Crippen molar-refractivity contribution in [2.45, 2.75) is 6.04 Å². The molecule has 0 aliphatic carbocycles. The number of carbonyl (C=O) groups is 1. The molecular weight excluding hydrogens is 270 g/mol.